The molecule has 0 saturated carbocycles. The molecule has 1 atom stereocenters. The number of ether oxygens (including phenoxy) is 1. The van der Waals surface area contributed by atoms with E-state index in [-0.39, 0.29) is 24.9 Å². The van der Waals surface area contributed by atoms with E-state index in [9.17, 15) is 14.4 Å². The van der Waals surface area contributed by atoms with Crippen LogP contribution in [-0.2, 0) is 9.53 Å². The van der Waals surface area contributed by atoms with Crippen molar-refractivity contribution < 1.29 is 19.1 Å². The maximum Gasteiger partial charge on any atom is 0.328 e. The quantitative estimate of drug-likeness (QED) is 0.505. The third-order valence-corrected chi connectivity index (χ3v) is 3.90. The zero-order valence-electron chi connectivity index (χ0n) is 15.9. The molecule has 0 saturated heterocycles. The summed E-state index contributed by atoms with van der Waals surface area (Å²) >= 11 is 0. The van der Waals surface area contributed by atoms with Crippen LogP contribution in [0.4, 0.5) is 11.4 Å². The molecule has 0 bridgehead atoms. The number of nitrogen functional groups attached to an aromatic ring is 1. The van der Waals surface area contributed by atoms with E-state index in [1.54, 1.807) is 56.3 Å². The molecule has 1 unspecified atom stereocenters. The second-order valence-electron chi connectivity index (χ2n) is 6.05. The van der Waals surface area contributed by atoms with E-state index in [4.69, 9.17) is 10.5 Å². The van der Waals surface area contributed by atoms with Crippen LogP contribution in [0.1, 0.15) is 40.1 Å². The normalized spacial score (nSPS) is 11.0. The Hall–Kier alpha value is -3.06. The number of benzene rings is 2. The average molecular weight is 406 g/mol. The summed E-state index contributed by atoms with van der Waals surface area (Å²) in [5.74, 6) is -1.18. The van der Waals surface area contributed by atoms with Crippen molar-refractivity contribution in [2.24, 2.45) is 0 Å². The first-order chi connectivity index (χ1) is 12.8. The molecule has 150 valence electrons. The molecule has 4 N–H and O–H groups in total. The Morgan fingerprint density at radius 2 is 1.71 bits per heavy atom. The predicted molar refractivity (Wildman–Crippen MR) is 111 cm³/mol. The van der Waals surface area contributed by atoms with Crippen molar-refractivity contribution >= 4 is 41.6 Å². The zero-order valence-corrected chi connectivity index (χ0v) is 16.8. The highest BCUT2D eigenvalue weighted by Gasteiger charge is 2.17. The molecule has 0 spiro atoms. The maximum atomic E-state index is 12.4. The summed E-state index contributed by atoms with van der Waals surface area (Å²) in [5, 5.41) is 5.33. The third kappa shape index (κ3) is 5.99. The van der Waals surface area contributed by atoms with Crippen LogP contribution in [0.25, 0.3) is 0 Å². The van der Waals surface area contributed by atoms with Crippen LogP contribution in [0.5, 0.6) is 0 Å². The van der Waals surface area contributed by atoms with Crippen molar-refractivity contribution in [3.63, 3.8) is 0 Å². The Morgan fingerprint density at radius 3 is 2.32 bits per heavy atom. The number of nitrogens with one attached hydrogen (secondary N) is 2. The lowest BCUT2D eigenvalue weighted by Gasteiger charge is -2.13. The van der Waals surface area contributed by atoms with Gasteiger partial charge in [0.15, 0.2) is 0 Å². The van der Waals surface area contributed by atoms with E-state index in [0.29, 0.717) is 22.5 Å². The van der Waals surface area contributed by atoms with Gasteiger partial charge in [-0.15, -0.1) is 12.4 Å². The van der Waals surface area contributed by atoms with Crippen LogP contribution < -0.4 is 16.4 Å². The molecule has 0 aliphatic carbocycles. The highest BCUT2D eigenvalue weighted by molar-refractivity contribution is 6.06. The standard InChI is InChI=1S/C20H23N3O4.ClH/c1-4-27-20(26)13(3)22-18(24)14-6-9-16(10-7-14)23-19(25)17-11-15(21)8-5-12(17)2;/h5-11,13H,4,21H2,1-3H3,(H,22,24)(H,23,25);1H. The molecule has 2 aromatic rings. The molecule has 0 aliphatic rings. The first-order valence-corrected chi connectivity index (χ1v) is 8.57. The van der Waals surface area contributed by atoms with E-state index in [0.717, 1.165) is 5.56 Å². The van der Waals surface area contributed by atoms with Gasteiger partial charge in [-0.05, 0) is 62.7 Å². The van der Waals surface area contributed by atoms with Gasteiger partial charge in [0.2, 0.25) is 0 Å². The monoisotopic (exact) mass is 405 g/mol. The third-order valence-electron chi connectivity index (χ3n) is 3.90. The van der Waals surface area contributed by atoms with Crippen LogP contribution in [-0.4, -0.2) is 30.4 Å². The molecule has 2 rings (SSSR count). The second kappa shape index (κ2) is 10.3. The van der Waals surface area contributed by atoms with E-state index in [1.165, 1.54) is 0 Å². The highest BCUT2D eigenvalue weighted by Crippen LogP contribution is 2.16. The number of esters is 1. The Kier molecular flexibility index (Phi) is 8.47. The SMILES string of the molecule is CCOC(=O)C(C)NC(=O)c1ccc(NC(=O)c2cc(N)ccc2C)cc1.Cl. The molecule has 7 nitrogen and oxygen atoms in total. The van der Waals surface area contributed by atoms with Crippen molar-refractivity contribution in [3.05, 3.63) is 59.2 Å². The fraction of sp³-hybridized carbons (Fsp3) is 0.250. The van der Waals surface area contributed by atoms with Gasteiger partial charge in [0, 0.05) is 22.5 Å². The van der Waals surface area contributed by atoms with Gasteiger partial charge in [0.05, 0.1) is 6.61 Å². The molecule has 0 heterocycles. The van der Waals surface area contributed by atoms with E-state index in [1.807, 2.05) is 6.92 Å². The molecule has 2 amide bonds. The molecule has 0 fully saturated rings. The Labute approximate surface area is 170 Å². The predicted octanol–water partition coefficient (Wildman–Crippen LogP) is 2.93. The van der Waals surface area contributed by atoms with Gasteiger partial charge in [-0.3, -0.25) is 9.59 Å². The van der Waals surface area contributed by atoms with E-state index >= 15 is 0 Å². The number of anilines is 2. The van der Waals surface area contributed by atoms with Crippen LogP contribution in [0.15, 0.2) is 42.5 Å². The lowest BCUT2D eigenvalue weighted by Crippen LogP contribution is -2.39. The molecule has 28 heavy (non-hydrogen) atoms. The molecule has 0 radical (unpaired) electrons. The molecule has 0 aromatic heterocycles. The number of carbonyl (C=O) groups excluding carboxylic acids is 3. The number of hydrogen-bond donors (Lipinski definition) is 3. The van der Waals surface area contributed by atoms with Crippen LogP contribution >= 0.6 is 12.4 Å². The minimum atomic E-state index is -0.747. The lowest BCUT2D eigenvalue weighted by molar-refractivity contribution is -0.144. The van der Waals surface area contributed by atoms with Crippen LogP contribution in [0.3, 0.4) is 0 Å². The van der Waals surface area contributed by atoms with Gasteiger partial charge < -0.3 is 21.1 Å². The largest absolute Gasteiger partial charge is 0.464 e. The summed E-state index contributed by atoms with van der Waals surface area (Å²) in [7, 11) is 0. The summed E-state index contributed by atoms with van der Waals surface area (Å²) in [6.07, 6.45) is 0. The summed E-state index contributed by atoms with van der Waals surface area (Å²) in [5.41, 5.74) is 8.44. The maximum absolute atomic E-state index is 12.4. The van der Waals surface area contributed by atoms with E-state index < -0.39 is 17.9 Å². The minimum absolute atomic E-state index is 0. The topological polar surface area (TPSA) is 111 Å². The van der Waals surface area contributed by atoms with Gasteiger partial charge in [-0.1, -0.05) is 6.07 Å². The first kappa shape index (κ1) is 23.0. The second-order valence-corrected chi connectivity index (χ2v) is 6.05. The van der Waals surface area contributed by atoms with Gasteiger partial charge in [-0.2, -0.15) is 0 Å². The lowest BCUT2D eigenvalue weighted by atomic mass is 10.1. The fourth-order valence-electron chi connectivity index (χ4n) is 2.39. The van der Waals surface area contributed by atoms with Gasteiger partial charge in [0.1, 0.15) is 6.04 Å². The summed E-state index contributed by atoms with van der Waals surface area (Å²) in [6.45, 7) is 5.33. The summed E-state index contributed by atoms with van der Waals surface area (Å²) < 4.78 is 4.85. The van der Waals surface area contributed by atoms with Crippen LogP contribution in [0.2, 0.25) is 0 Å². The number of halogens is 1. The van der Waals surface area contributed by atoms with E-state index in [2.05, 4.69) is 10.6 Å². The Balaban J connectivity index is 0.00000392. The zero-order chi connectivity index (χ0) is 20.0. The minimum Gasteiger partial charge on any atom is -0.464 e. The smallest absolute Gasteiger partial charge is 0.328 e. The fourth-order valence-corrected chi connectivity index (χ4v) is 2.39. The average Bonchev–Trinajstić information content (AvgIpc) is 2.64. The van der Waals surface area contributed by atoms with Crippen molar-refractivity contribution in [2.75, 3.05) is 17.7 Å². The van der Waals surface area contributed by atoms with Crippen molar-refractivity contribution in [2.45, 2.75) is 26.8 Å². The number of carbonyl (C=O) groups is 3. The summed E-state index contributed by atoms with van der Waals surface area (Å²) in [6, 6.07) is 10.7. The number of rotatable bonds is 6. The molecular weight excluding hydrogens is 382 g/mol. The number of aryl methyl sites for hydroxylation is 1. The van der Waals surface area contributed by atoms with Gasteiger partial charge >= 0.3 is 5.97 Å². The van der Waals surface area contributed by atoms with Gasteiger partial charge in [-0.25, -0.2) is 4.79 Å². The molecular formula is C20H24ClN3O4. The number of hydrogen-bond acceptors (Lipinski definition) is 5. The number of nitrogens with two attached hydrogens (primary N) is 1. The van der Waals surface area contributed by atoms with Crippen LogP contribution in [0, 0.1) is 6.92 Å². The molecule has 0 aliphatic heterocycles. The molecule has 2 aromatic carbocycles. The van der Waals surface area contributed by atoms with Crippen molar-refractivity contribution in [3.8, 4) is 0 Å². The Bertz CT molecular complexity index is 853. The van der Waals surface area contributed by atoms with Crippen molar-refractivity contribution in [1.82, 2.24) is 5.32 Å². The first-order valence-electron chi connectivity index (χ1n) is 8.57. The summed E-state index contributed by atoms with van der Waals surface area (Å²) in [4.78, 5) is 36.1. The highest BCUT2D eigenvalue weighted by atomic mass is 35.5. The van der Waals surface area contributed by atoms with Crippen molar-refractivity contribution in [1.29, 1.82) is 0 Å². The number of amides is 2. The molecule has 8 heteroatoms. The van der Waals surface area contributed by atoms with Gasteiger partial charge in [0.25, 0.3) is 11.8 Å². The Morgan fingerprint density at radius 1 is 1.07 bits per heavy atom.